The third-order valence-corrected chi connectivity index (χ3v) is 9.65. The van der Waals surface area contributed by atoms with Crippen LogP contribution in [0.1, 0.15) is 65.5 Å². The van der Waals surface area contributed by atoms with Crippen molar-refractivity contribution < 1.29 is 14.3 Å². The Morgan fingerprint density at radius 1 is 1.14 bits per heavy atom. The van der Waals surface area contributed by atoms with Crippen LogP contribution in [-0.4, -0.2) is 77.5 Å². The van der Waals surface area contributed by atoms with Crippen LogP contribution >= 0.6 is 11.6 Å². The predicted molar refractivity (Wildman–Crippen MR) is 168 cm³/mol. The number of aromatic nitrogens is 6. The molecule has 3 saturated heterocycles. The Hall–Kier alpha value is -3.64. The fourth-order valence-electron chi connectivity index (χ4n) is 7.21. The van der Waals surface area contributed by atoms with Crippen LogP contribution < -0.4 is 10.5 Å². The van der Waals surface area contributed by atoms with Gasteiger partial charge in [0.1, 0.15) is 16.7 Å². The van der Waals surface area contributed by atoms with Gasteiger partial charge in [-0.05, 0) is 71.4 Å². The third-order valence-electron chi connectivity index (χ3n) is 9.25. The summed E-state index contributed by atoms with van der Waals surface area (Å²) in [5.41, 5.74) is 1.60. The molecule has 0 saturated carbocycles. The average Bonchev–Trinajstić information content (AvgIpc) is 3.75. The van der Waals surface area contributed by atoms with Gasteiger partial charge in [0.05, 0.1) is 22.6 Å². The molecule has 3 fully saturated rings. The van der Waals surface area contributed by atoms with E-state index in [-0.39, 0.29) is 36.0 Å². The number of hydrogen-bond donors (Lipinski definition) is 0. The fourth-order valence-corrected chi connectivity index (χ4v) is 7.51. The standard InChI is InChI=1S/C31H39ClN8O4/c1-31(2,3)44-30(42)37(5)22-15-17-10-13-21(22)39(17)29-33-27-24(28(41)38(29)6)26(35-40(27)23-9-7-8-14-43-23)18-11-12-20-19(25(18)32)16-36(4)34-20/h11-12,16-17,21-23H,7-10,13-15H2,1-6H3/t17-,21+,22+,23?/m0/s1. The highest BCUT2D eigenvalue weighted by molar-refractivity contribution is 6.38. The molecule has 3 aromatic heterocycles. The molecule has 0 aliphatic carbocycles. The summed E-state index contributed by atoms with van der Waals surface area (Å²) in [6, 6.07) is 3.88. The topological polar surface area (TPSA) is 113 Å². The summed E-state index contributed by atoms with van der Waals surface area (Å²) in [6.07, 6.45) is 6.59. The van der Waals surface area contributed by atoms with Crippen LogP contribution in [0.2, 0.25) is 5.02 Å². The molecule has 44 heavy (non-hydrogen) atoms. The zero-order valence-corrected chi connectivity index (χ0v) is 26.8. The maximum Gasteiger partial charge on any atom is 0.410 e. The Morgan fingerprint density at radius 2 is 1.93 bits per heavy atom. The van der Waals surface area contributed by atoms with Gasteiger partial charge in [-0.15, -0.1) is 0 Å². The van der Waals surface area contributed by atoms with Gasteiger partial charge in [-0.3, -0.25) is 14.0 Å². The van der Waals surface area contributed by atoms with E-state index in [1.807, 2.05) is 46.1 Å². The van der Waals surface area contributed by atoms with Crippen LogP contribution in [-0.2, 0) is 23.6 Å². The molecule has 1 unspecified atom stereocenters. The smallest absolute Gasteiger partial charge is 0.410 e. The number of halogens is 1. The van der Waals surface area contributed by atoms with E-state index in [1.165, 1.54) is 0 Å². The number of amides is 1. The number of rotatable bonds is 4. The van der Waals surface area contributed by atoms with Crippen LogP contribution in [0.3, 0.4) is 0 Å². The Bertz CT molecular complexity index is 1830. The number of fused-ring (bicyclic) bond motifs is 4. The number of ether oxygens (including phenoxy) is 2. The van der Waals surface area contributed by atoms with Crippen molar-refractivity contribution in [2.75, 3.05) is 18.6 Å². The second-order valence-electron chi connectivity index (χ2n) is 13.4. The molecule has 3 aliphatic heterocycles. The molecule has 1 amide bonds. The first-order valence-corrected chi connectivity index (χ1v) is 15.8. The molecule has 4 atom stereocenters. The van der Waals surface area contributed by atoms with Crippen LogP contribution in [0, 0.1) is 0 Å². The summed E-state index contributed by atoms with van der Waals surface area (Å²) in [7, 11) is 5.42. The average molecular weight is 623 g/mol. The first-order valence-electron chi connectivity index (χ1n) is 15.4. The van der Waals surface area contributed by atoms with Gasteiger partial charge in [-0.2, -0.15) is 15.2 Å². The number of nitrogens with zero attached hydrogens (tertiary/aromatic N) is 8. The second kappa shape index (κ2) is 10.5. The quantitative estimate of drug-likeness (QED) is 0.312. The zero-order chi connectivity index (χ0) is 31.1. The maximum absolute atomic E-state index is 14.3. The minimum atomic E-state index is -0.582. The van der Waals surface area contributed by atoms with Crippen LogP contribution in [0.15, 0.2) is 23.1 Å². The van der Waals surface area contributed by atoms with E-state index in [0.29, 0.717) is 39.9 Å². The molecule has 6 heterocycles. The zero-order valence-electron chi connectivity index (χ0n) is 26.1. The van der Waals surface area contributed by atoms with Crippen LogP contribution in [0.5, 0.6) is 0 Å². The molecule has 234 valence electrons. The number of anilines is 1. The van der Waals surface area contributed by atoms with E-state index >= 15 is 0 Å². The highest BCUT2D eigenvalue weighted by atomic mass is 35.5. The highest BCUT2D eigenvalue weighted by Crippen LogP contribution is 2.43. The Balaban J connectivity index is 1.35. The minimum absolute atomic E-state index is 0.0114. The first-order chi connectivity index (χ1) is 20.9. The molecular weight excluding hydrogens is 584 g/mol. The summed E-state index contributed by atoms with van der Waals surface area (Å²) >= 11 is 6.96. The Labute approximate surface area is 260 Å². The lowest BCUT2D eigenvalue weighted by Crippen LogP contribution is -2.47. The molecular formula is C31H39ClN8O4. The summed E-state index contributed by atoms with van der Waals surface area (Å²) < 4.78 is 17.0. The number of carbonyl (C=O) groups is 1. The first kappa shape index (κ1) is 29.1. The van der Waals surface area contributed by atoms with E-state index in [2.05, 4.69) is 10.00 Å². The van der Waals surface area contributed by atoms with E-state index in [0.717, 1.165) is 49.4 Å². The monoisotopic (exact) mass is 622 g/mol. The largest absolute Gasteiger partial charge is 0.444 e. The van der Waals surface area contributed by atoms with Gasteiger partial charge >= 0.3 is 6.09 Å². The Morgan fingerprint density at radius 3 is 2.66 bits per heavy atom. The van der Waals surface area contributed by atoms with Crippen molar-refractivity contribution in [1.82, 2.24) is 34.0 Å². The van der Waals surface area contributed by atoms with Crippen LogP contribution in [0.25, 0.3) is 33.2 Å². The summed E-state index contributed by atoms with van der Waals surface area (Å²) in [4.78, 5) is 36.5. The molecule has 2 bridgehead atoms. The normalized spacial score (nSPS) is 23.7. The Kier molecular flexibility index (Phi) is 6.93. The maximum atomic E-state index is 14.3. The molecule has 0 radical (unpaired) electrons. The van der Waals surface area contributed by atoms with Crippen molar-refractivity contribution in [3.05, 3.63) is 33.7 Å². The van der Waals surface area contributed by atoms with Crippen molar-refractivity contribution in [2.45, 2.75) is 89.3 Å². The fraction of sp³-hybridized carbons (Fsp3) is 0.581. The molecule has 0 N–H and O–H groups in total. The number of likely N-dealkylation sites (N-methyl/N-ethyl adjacent to an activating group) is 1. The molecule has 1 aromatic carbocycles. The predicted octanol–water partition coefficient (Wildman–Crippen LogP) is 5.01. The molecule has 7 rings (SSSR count). The molecule has 12 nitrogen and oxygen atoms in total. The van der Waals surface area contributed by atoms with E-state index in [1.54, 1.807) is 32.9 Å². The van der Waals surface area contributed by atoms with Gasteiger partial charge in [0.2, 0.25) is 5.95 Å². The van der Waals surface area contributed by atoms with Crippen LogP contribution in [0.4, 0.5) is 10.7 Å². The van der Waals surface area contributed by atoms with Gasteiger partial charge < -0.3 is 19.3 Å². The second-order valence-corrected chi connectivity index (χ2v) is 13.7. The van der Waals surface area contributed by atoms with Crippen molar-refractivity contribution >= 4 is 45.6 Å². The molecule has 3 aliphatic rings. The molecule has 0 spiro atoms. The van der Waals surface area contributed by atoms with Crippen molar-refractivity contribution in [3.8, 4) is 11.3 Å². The number of benzene rings is 1. The molecule has 4 aromatic rings. The van der Waals surface area contributed by atoms with E-state index < -0.39 is 5.60 Å². The number of aryl methyl sites for hydroxylation is 1. The van der Waals surface area contributed by atoms with Gasteiger partial charge in [-0.1, -0.05) is 11.6 Å². The van der Waals surface area contributed by atoms with Crippen molar-refractivity contribution in [1.29, 1.82) is 0 Å². The van der Waals surface area contributed by atoms with Gasteiger partial charge in [-0.25, -0.2) is 9.48 Å². The van der Waals surface area contributed by atoms with Gasteiger partial charge in [0, 0.05) is 50.9 Å². The van der Waals surface area contributed by atoms with Crippen molar-refractivity contribution in [2.24, 2.45) is 14.1 Å². The van der Waals surface area contributed by atoms with Gasteiger partial charge in [0.25, 0.3) is 5.56 Å². The number of hydrogen-bond acceptors (Lipinski definition) is 8. The summed E-state index contributed by atoms with van der Waals surface area (Å²) in [5, 5.41) is 11.2. The van der Waals surface area contributed by atoms with E-state index in [4.69, 9.17) is 31.2 Å². The SMILES string of the molecule is CN(C(=O)OC(C)(C)C)[C@@H]1C[C@@H]2CC[C@H]1N2c1nc2c(c(-c3ccc4nn(C)cc4c3Cl)nn2C2CCCCO2)c(=O)n1C. The van der Waals surface area contributed by atoms with Crippen molar-refractivity contribution in [3.63, 3.8) is 0 Å². The lowest BCUT2D eigenvalue weighted by molar-refractivity contribution is -0.0368. The van der Waals surface area contributed by atoms with Gasteiger partial charge in [0.15, 0.2) is 11.9 Å². The summed E-state index contributed by atoms with van der Waals surface area (Å²) in [6.45, 7) is 6.24. The number of carbonyl (C=O) groups excluding carboxylic acids is 1. The molecule has 13 heteroatoms. The highest BCUT2D eigenvalue weighted by Gasteiger charge is 2.51. The lowest BCUT2D eigenvalue weighted by atomic mass is 9.95. The minimum Gasteiger partial charge on any atom is -0.444 e. The lowest BCUT2D eigenvalue weighted by Gasteiger charge is -2.33. The van der Waals surface area contributed by atoms with E-state index in [9.17, 15) is 9.59 Å². The third kappa shape index (κ3) is 4.65. The summed E-state index contributed by atoms with van der Waals surface area (Å²) in [5.74, 6) is 0.576.